The molecule has 0 radical (unpaired) electrons. The molecule has 0 aliphatic rings. The molecule has 1 atom stereocenters. The lowest BCUT2D eigenvalue weighted by molar-refractivity contribution is 0.162. The lowest BCUT2D eigenvalue weighted by Crippen LogP contribution is -2.27. The van der Waals surface area contributed by atoms with Gasteiger partial charge < -0.3 is 5.11 Å². The van der Waals surface area contributed by atoms with Crippen LogP contribution in [0.4, 0.5) is 0 Å². The van der Waals surface area contributed by atoms with Crippen LogP contribution >= 0.6 is 0 Å². The molecule has 0 amide bonds. The van der Waals surface area contributed by atoms with Crippen molar-refractivity contribution in [1.29, 1.82) is 0 Å². The molecule has 1 rings (SSSR count). The van der Waals surface area contributed by atoms with Gasteiger partial charge in [0.2, 0.25) is 10.0 Å². The molecule has 0 aliphatic heterocycles. The van der Waals surface area contributed by atoms with Crippen LogP contribution in [-0.2, 0) is 16.4 Å². The molecule has 4 nitrogen and oxygen atoms in total. The van der Waals surface area contributed by atoms with Crippen LogP contribution in [0.15, 0.2) is 29.2 Å². The first-order valence-electron chi connectivity index (χ1n) is 7.11. The van der Waals surface area contributed by atoms with Gasteiger partial charge in [-0.2, -0.15) is 0 Å². The maximum absolute atomic E-state index is 12.0. The van der Waals surface area contributed by atoms with Gasteiger partial charge in [-0.15, -0.1) is 0 Å². The Labute approximate surface area is 122 Å². The molecular weight excluding hydrogens is 274 g/mol. The molecule has 0 aromatic heterocycles. The van der Waals surface area contributed by atoms with Crippen LogP contribution in [0.25, 0.3) is 0 Å². The van der Waals surface area contributed by atoms with Gasteiger partial charge in [0.25, 0.3) is 0 Å². The zero-order chi connectivity index (χ0) is 15.2. The third kappa shape index (κ3) is 5.61. The largest absolute Gasteiger partial charge is 0.393 e. The number of aliphatic hydroxyl groups excluding tert-OH is 1. The Balaban J connectivity index is 2.63. The van der Waals surface area contributed by atoms with Gasteiger partial charge in [-0.25, -0.2) is 13.1 Å². The summed E-state index contributed by atoms with van der Waals surface area (Å²) in [7, 11) is -3.47. The molecule has 0 bridgehead atoms. The van der Waals surface area contributed by atoms with Gasteiger partial charge in [0.1, 0.15) is 0 Å². The molecule has 1 aromatic carbocycles. The van der Waals surface area contributed by atoms with Gasteiger partial charge in [0.05, 0.1) is 11.0 Å². The molecule has 114 valence electrons. The zero-order valence-electron chi connectivity index (χ0n) is 12.5. The van der Waals surface area contributed by atoms with E-state index in [1.54, 1.807) is 12.1 Å². The normalized spacial score (nSPS) is 13.7. The predicted octanol–water partition coefficient (Wildman–Crippen LogP) is 2.32. The second-order valence-corrected chi connectivity index (χ2v) is 7.26. The number of sulfonamides is 1. The first kappa shape index (κ1) is 17.1. The minimum absolute atomic E-state index is 0.255. The number of rotatable bonds is 8. The predicted molar refractivity (Wildman–Crippen MR) is 81.1 cm³/mol. The molecule has 0 saturated heterocycles. The fourth-order valence-corrected chi connectivity index (χ4v) is 2.97. The van der Waals surface area contributed by atoms with Gasteiger partial charge in [-0.3, -0.25) is 0 Å². The Bertz CT molecular complexity index is 494. The van der Waals surface area contributed by atoms with E-state index >= 15 is 0 Å². The average Bonchev–Trinajstić information content (AvgIpc) is 2.38. The minimum atomic E-state index is -3.47. The number of aliphatic hydroxyl groups is 1. The number of nitrogens with one attached hydrogen (secondary N) is 1. The molecule has 0 spiro atoms. The summed E-state index contributed by atoms with van der Waals surface area (Å²) in [6.45, 7) is 6.38. The zero-order valence-corrected chi connectivity index (χ0v) is 13.3. The summed E-state index contributed by atoms with van der Waals surface area (Å²) in [5, 5.41) is 9.41. The second-order valence-electron chi connectivity index (χ2n) is 5.49. The highest BCUT2D eigenvalue weighted by atomic mass is 32.2. The highest BCUT2D eigenvalue weighted by Crippen LogP contribution is 2.13. The summed E-state index contributed by atoms with van der Waals surface area (Å²) in [6.07, 6.45) is 1.55. The highest BCUT2D eigenvalue weighted by Gasteiger charge is 2.14. The molecule has 1 aromatic rings. The van der Waals surface area contributed by atoms with E-state index < -0.39 is 16.1 Å². The molecule has 0 fully saturated rings. The lowest BCUT2D eigenvalue weighted by atomic mass is 10.0. The van der Waals surface area contributed by atoms with Gasteiger partial charge >= 0.3 is 0 Å². The van der Waals surface area contributed by atoms with Crippen LogP contribution in [-0.4, -0.2) is 26.2 Å². The summed E-state index contributed by atoms with van der Waals surface area (Å²) < 4.78 is 26.6. The van der Waals surface area contributed by atoms with E-state index in [1.165, 1.54) is 0 Å². The van der Waals surface area contributed by atoms with E-state index in [1.807, 2.05) is 19.1 Å². The average molecular weight is 299 g/mol. The fraction of sp³-hybridized carbons (Fsp3) is 0.600. The fourth-order valence-electron chi connectivity index (χ4n) is 1.92. The maximum atomic E-state index is 12.0. The monoisotopic (exact) mass is 299 g/mol. The van der Waals surface area contributed by atoms with Crippen LogP contribution in [0.5, 0.6) is 0 Å². The summed E-state index contributed by atoms with van der Waals surface area (Å²) in [4.78, 5) is 0.274. The van der Waals surface area contributed by atoms with Crippen LogP contribution in [0.1, 0.15) is 39.2 Å². The summed E-state index contributed by atoms with van der Waals surface area (Å²) in [5.74, 6) is 0.547. The molecule has 0 aliphatic carbocycles. The Morgan fingerprint density at radius 3 is 2.30 bits per heavy atom. The van der Waals surface area contributed by atoms with Crippen LogP contribution < -0.4 is 4.72 Å². The highest BCUT2D eigenvalue weighted by molar-refractivity contribution is 7.89. The van der Waals surface area contributed by atoms with Crippen molar-refractivity contribution in [2.24, 2.45) is 5.92 Å². The van der Waals surface area contributed by atoms with Crippen molar-refractivity contribution in [3.05, 3.63) is 29.8 Å². The van der Waals surface area contributed by atoms with Crippen molar-refractivity contribution in [3.63, 3.8) is 0 Å². The number of benzene rings is 1. The van der Waals surface area contributed by atoms with E-state index in [2.05, 4.69) is 18.6 Å². The lowest BCUT2D eigenvalue weighted by Gasteiger charge is -2.10. The standard InChI is InChI=1S/C15H25NO3S/c1-4-14(17)9-10-16-20(18,19)15-7-5-13(6-8-15)11-12(2)3/h5-8,12,14,16-17H,4,9-11H2,1-3H3. The molecule has 0 heterocycles. The van der Waals surface area contributed by atoms with Crippen LogP contribution in [0.2, 0.25) is 0 Å². The van der Waals surface area contributed by atoms with E-state index in [4.69, 9.17) is 0 Å². The maximum Gasteiger partial charge on any atom is 0.240 e. The summed E-state index contributed by atoms with van der Waals surface area (Å²) in [6, 6.07) is 6.98. The van der Waals surface area contributed by atoms with E-state index in [0.717, 1.165) is 12.0 Å². The Kier molecular flexibility index (Phi) is 6.65. The smallest absolute Gasteiger partial charge is 0.240 e. The second kappa shape index (κ2) is 7.76. The Hall–Kier alpha value is -0.910. The SMILES string of the molecule is CCC(O)CCNS(=O)(=O)c1ccc(CC(C)C)cc1. The first-order chi connectivity index (χ1) is 9.35. The van der Waals surface area contributed by atoms with Crippen LogP contribution in [0, 0.1) is 5.92 Å². The third-order valence-electron chi connectivity index (χ3n) is 3.12. The molecular formula is C15H25NO3S. The molecule has 20 heavy (non-hydrogen) atoms. The van der Waals surface area contributed by atoms with E-state index in [-0.39, 0.29) is 11.4 Å². The first-order valence-corrected chi connectivity index (χ1v) is 8.60. The Morgan fingerprint density at radius 1 is 1.20 bits per heavy atom. The van der Waals surface area contributed by atoms with E-state index in [9.17, 15) is 13.5 Å². The third-order valence-corrected chi connectivity index (χ3v) is 4.60. The Morgan fingerprint density at radius 2 is 1.80 bits per heavy atom. The molecule has 5 heteroatoms. The van der Waals surface area contributed by atoms with Gasteiger partial charge in [0.15, 0.2) is 0 Å². The van der Waals surface area contributed by atoms with Crippen molar-refractivity contribution in [3.8, 4) is 0 Å². The van der Waals surface area contributed by atoms with Crippen molar-refractivity contribution in [2.45, 2.75) is 51.0 Å². The number of hydrogen-bond acceptors (Lipinski definition) is 3. The van der Waals surface area contributed by atoms with Crippen molar-refractivity contribution in [2.75, 3.05) is 6.54 Å². The van der Waals surface area contributed by atoms with Gasteiger partial charge in [-0.1, -0.05) is 32.9 Å². The summed E-state index contributed by atoms with van der Waals surface area (Å²) in [5.41, 5.74) is 1.14. The minimum Gasteiger partial charge on any atom is -0.393 e. The van der Waals surface area contributed by atoms with Crippen molar-refractivity contribution < 1.29 is 13.5 Å². The molecule has 1 unspecified atom stereocenters. The molecule has 0 saturated carbocycles. The quantitative estimate of drug-likeness (QED) is 0.774. The van der Waals surface area contributed by atoms with Crippen molar-refractivity contribution >= 4 is 10.0 Å². The van der Waals surface area contributed by atoms with Crippen LogP contribution in [0.3, 0.4) is 0 Å². The van der Waals surface area contributed by atoms with E-state index in [0.29, 0.717) is 18.8 Å². The van der Waals surface area contributed by atoms with Gasteiger partial charge in [-0.05, 0) is 42.9 Å². The topological polar surface area (TPSA) is 66.4 Å². The van der Waals surface area contributed by atoms with Gasteiger partial charge in [0, 0.05) is 6.54 Å². The summed E-state index contributed by atoms with van der Waals surface area (Å²) >= 11 is 0. The molecule has 2 N–H and O–H groups in total. The number of hydrogen-bond donors (Lipinski definition) is 2. The van der Waals surface area contributed by atoms with Crippen molar-refractivity contribution in [1.82, 2.24) is 4.72 Å².